The van der Waals surface area contributed by atoms with Crippen molar-refractivity contribution in [1.82, 2.24) is 9.78 Å². The molecule has 28 heavy (non-hydrogen) atoms. The molecular formula is C21H20N4O3. The third kappa shape index (κ3) is 3.34. The SMILES string of the molecule is COc1cccc(-c2cnn3c2NC(=O)C3CC(=O)Nc2ccc(C)cc2)c1. The van der Waals surface area contributed by atoms with Crippen LogP contribution in [0.3, 0.4) is 0 Å². The molecule has 2 aromatic carbocycles. The van der Waals surface area contributed by atoms with Gasteiger partial charge in [-0.3, -0.25) is 9.59 Å². The van der Waals surface area contributed by atoms with E-state index in [9.17, 15) is 9.59 Å². The molecule has 142 valence electrons. The minimum Gasteiger partial charge on any atom is -0.497 e. The molecule has 2 amide bonds. The molecular weight excluding hydrogens is 356 g/mol. The predicted molar refractivity (Wildman–Crippen MR) is 106 cm³/mol. The van der Waals surface area contributed by atoms with Gasteiger partial charge in [0.05, 0.1) is 19.7 Å². The van der Waals surface area contributed by atoms with E-state index < -0.39 is 6.04 Å². The molecule has 1 atom stereocenters. The maximum Gasteiger partial charge on any atom is 0.251 e. The first kappa shape index (κ1) is 17.8. The first-order chi connectivity index (χ1) is 13.5. The van der Waals surface area contributed by atoms with Crippen molar-refractivity contribution in [2.45, 2.75) is 19.4 Å². The summed E-state index contributed by atoms with van der Waals surface area (Å²) in [5, 5.41) is 10.0. The Balaban J connectivity index is 1.54. The molecule has 1 aromatic heterocycles. The van der Waals surface area contributed by atoms with Crippen LogP contribution in [0, 0.1) is 6.92 Å². The van der Waals surface area contributed by atoms with Crippen LogP contribution in [0.25, 0.3) is 11.1 Å². The summed E-state index contributed by atoms with van der Waals surface area (Å²) in [5.41, 5.74) is 3.48. The number of benzene rings is 2. The minimum atomic E-state index is -0.681. The fraction of sp³-hybridized carbons (Fsp3) is 0.190. The van der Waals surface area contributed by atoms with Crippen LogP contribution in [0.4, 0.5) is 11.5 Å². The van der Waals surface area contributed by atoms with Crippen LogP contribution in [0.5, 0.6) is 5.75 Å². The number of methoxy groups -OCH3 is 1. The van der Waals surface area contributed by atoms with E-state index >= 15 is 0 Å². The van der Waals surface area contributed by atoms with E-state index in [0.717, 1.165) is 22.4 Å². The highest BCUT2D eigenvalue weighted by Gasteiger charge is 2.35. The number of aromatic nitrogens is 2. The molecule has 2 heterocycles. The zero-order valence-corrected chi connectivity index (χ0v) is 15.6. The van der Waals surface area contributed by atoms with Crippen molar-refractivity contribution in [2.24, 2.45) is 0 Å². The van der Waals surface area contributed by atoms with Crippen molar-refractivity contribution in [3.63, 3.8) is 0 Å². The summed E-state index contributed by atoms with van der Waals surface area (Å²) in [7, 11) is 1.60. The highest BCUT2D eigenvalue weighted by atomic mass is 16.5. The average Bonchev–Trinajstić information content (AvgIpc) is 3.23. The molecule has 0 saturated carbocycles. The average molecular weight is 376 g/mol. The standard InChI is InChI=1S/C21H20N4O3/c1-13-6-8-15(9-7-13)23-19(26)11-18-21(27)24-20-17(12-22-25(18)20)14-4-3-5-16(10-14)28-2/h3-10,12,18H,11H2,1-2H3,(H,23,26)(H,24,27). The Bertz CT molecular complexity index is 1040. The van der Waals surface area contributed by atoms with E-state index in [1.165, 1.54) is 0 Å². The van der Waals surface area contributed by atoms with Crippen LogP contribution in [0.2, 0.25) is 0 Å². The second kappa shape index (κ2) is 7.19. The highest BCUT2D eigenvalue weighted by Crippen LogP contribution is 2.36. The summed E-state index contributed by atoms with van der Waals surface area (Å²) in [5.74, 6) is 0.823. The number of fused-ring (bicyclic) bond motifs is 1. The van der Waals surface area contributed by atoms with Gasteiger partial charge < -0.3 is 15.4 Å². The minimum absolute atomic E-state index is 0.00589. The Morgan fingerprint density at radius 1 is 1.25 bits per heavy atom. The van der Waals surface area contributed by atoms with Crippen LogP contribution < -0.4 is 15.4 Å². The number of carbonyl (C=O) groups is 2. The van der Waals surface area contributed by atoms with Gasteiger partial charge in [0, 0.05) is 11.3 Å². The largest absolute Gasteiger partial charge is 0.497 e. The number of hydrogen-bond acceptors (Lipinski definition) is 4. The molecule has 0 aliphatic carbocycles. The second-order valence-electron chi connectivity index (χ2n) is 6.71. The van der Waals surface area contributed by atoms with Crippen molar-refractivity contribution < 1.29 is 14.3 Å². The first-order valence-electron chi connectivity index (χ1n) is 8.94. The Hall–Kier alpha value is -3.61. The van der Waals surface area contributed by atoms with Crippen LogP contribution in [-0.2, 0) is 9.59 Å². The van der Waals surface area contributed by atoms with Crippen LogP contribution in [0.15, 0.2) is 54.7 Å². The number of aryl methyl sites for hydroxylation is 1. The second-order valence-corrected chi connectivity index (χ2v) is 6.71. The lowest BCUT2D eigenvalue weighted by Crippen LogP contribution is -2.23. The van der Waals surface area contributed by atoms with E-state index in [-0.39, 0.29) is 18.2 Å². The van der Waals surface area contributed by atoms with Crippen molar-refractivity contribution >= 4 is 23.3 Å². The Kier molecular flexibility index (Phi) is 4.57. The molecule has 2 N–H and O–H groups in total. The van der Waals surface area contributed by atoms with Crippen LogP contribution >= 0.6 is 0 Å². The van der Waals surface area contributed by atoms with Crippen molar-refractivity contribution in [3.8, 4) is 16.9 Å². The first-order valence-corrected chi connectivity index (χ1v) is 8.94. The van der Waals surface area contributed by atoms with Crippen molar-refractivity contribution in [3.05, 3.63) is 60.3 Å². The number of ether oxygens (including phenoxy) is 1. The molecule has 7 heteroatoms. The molecule has 3 aromatic rings. The molecule has 1 unspecified atom stereocenters. The van der Waals surface area contributed by atoms with E-state index in [1.807, 2.05) is 55.5 Å². The normalized spacial score (nSPS) is 15.1. The lowest BCUT2D eigenvalue weighted by molar-refractivity contribution is -0.123. The van der Waals surface area contributed by atoms with E-state index in [4.69, 9.17) is 4.74 Å². The lowest BCUT2D eigenvalue weighted by atomic mass is 10.1. The number of hydrogen-bond donors (Lipinski definition) is 2. The lowest BCUT2D eigenvalue weighted by Gasteiger charge is -2.10. The number of nitrogens with one attached hydrogen (secondary N) is 2. The zero-order valence-electron chi connectivity index (χ0n) is 15.6. The molecule has 0 fully saturated rings. The maximum absolute atomic E-state index is 12.5. The molecule has 0 bridgehead atoms. The van der Waals surface area contributed by atoms with Gasteiger partial charge in [-0.15, -0.1) is 0 Å². The summed E-state index contributed by atoms with van der Waals surface area (Å²) < 4.78 is 6.84. The van der Waals surface area contributed by atoms with Gasteiger partial charge in [0.2, 0.25) is 5.91 Å². The quantitative estimate of drug-likeness (QED) is 0.715. The smallest absolute Gasteiger partial charge is 0.251 e. The van der Waals surface area contributed by atoms with E-state index in [1.54, 1.807) is 18.0 Å². The van der Waals surface area contributed by atoms with Gasteiger partial charge in [-0.1, -0.05) is 29.8 Å². The fourth-order valence-corrected chi connectivity index (χ4v) is 3.24. The number of anilines is 2. The summed E-state index contributed by atoms with van der Waals surface area (Å²) in [6, 6.07) is 14.4. The third-order valence-corrected chi connectivity index (χ3v) is 4.73. The Labute approximate surface area is 162 Å². The molecule has 0 radical (unpaired) electrons. The van der Waals surface area contributed by atoms with Gasteiger partial charge in [0.25, 0.3) is 5.91 Å². The fourth-order valence-electron chi connectivity index (χ4n) is 3.24. The Morgan fingerprint density at radius 3 is 2.79 bits per heavy atom. The summed E-state index contributed by atoms with van der Waals surface area (Å²) in [6.07, 6.45) is 1.69. The van der Waals surface area contributed by atoms with Gasteiger partial charge in [-0.2, -0.15) is 5.10 Å². The third-order valence-electron chi connectivity index (χ3n) is 4.73. The molecule has 4 rings (SSSR count). The maximum atomic E-state index is 12.5. The molecule has 0 saturated heterocycles. The molecule has 1 aliphatic rings. The van der Waals surface area contributed by atoms with Gasteiger partial charge in [-0.05, 0) is 36.8 Å². The van der Waals surface area contributed by atoms with Crippen molar-refractivity contribution in [2.75, 3.05) is 17.7 Å². The summed E-state index contributed by atoms with van der Waals surface area (Å²) >= 11 is 0. The molecule has 0 spiro atoms. The molecule has 1 aliphatic heterocycles. The van der Waals surface area contributed by atoms with Gasteiger partial charge in [-0.25, -0.2) is 4.68 Å². The predicted octanol–water partition coefficient (Wildman–Crippen LogP) is 3.39. The Morgan fingerprint density at radius 2 is 2.04 bits per heavy atom. The highest BCUT2D eigenvalue weighted by molar-refractivity contribution is 6.04. The van der Waals surface area contributed by atoms with Crippen molar-refractivity contribution in [1.29, 1.82) is 0 Å². The number of amides is 2. The zero-order chi connectivity index (χ0) is 19.7. The van der Waals surface area contributed by atoms with Crippen LogP contribution in [-0.4, -0.2) is 28.7 Å². The van der Waals surface area contributed by atoms with E-state index in [2.05, 4.69) is 15.7 Å². The van der Waals surface area contributed by atoms with Crippen LogP contribution in [0.1, 0.15) is 18.0 Å². The van der Waals surface area contributed by atoms with Gasteiger partial charge in [0.1, 0.15) is 17.6 Å². The van der Waals surface area contributed by atoms with Gasteiger partial charge in [0.15, 0.2) is 0 Å². The summed E-state index contributed by atoms with van der Waals surface area (Å²) in [4.78, 5) is 24.9. The number of nitrogens with zero attached hydrogens (tertiary/aromatic N) is 2. The molecule has 7 nitrogen and oxygen atoms in total. The number of rotatable bonds is 5. The summed E-state index contributed by atoms with van der Waals surface area (Å²) in [6.45, 7) is 1.98. The topological polar surface area (TPSA) is 85.2 Å². The monoisotopic (exact) mass is 376 g/mol. The number of carbonyl (C=O) groups excluding carboxylic acids is 2. The van der Waals surface area contributed by atoms with E-state index in [0.29, 0.717) is 11.5 Å². The van der Waals surface area contributed by atoms with Gasteiger partial charge >= 0.3 is 0 Å².